The first-order valence-corrected chi connectivity index (χ1v) is 7.03. The predicted octanol–water partition coefficient (Wildman–Crippen LogP) is 2.49. The average Bonchev–Trinajstić information content (AvgIpc) is 3.10. The number of hydrogen-bond donors (Lipinski definition) is 1. The molecule has 1 aromatic rings. The standard InChI is InChI=1S/C15H20FNO2/c16-14-7-11(8-17-13-2-3-13)1-4-15(14)19-10-12-5-6-18-9-12/h1,4,7,12-13,17H,2-3,5-6,8-10H2. The third kappa shape index (κ3) is 3.67. The smallest absolute Gasteiger partial charge is 0.165 e. The zero-order chi connectivity index (χ0) is 13.1. The second-order valence-corrected chi connectivity index (χ2v) is 5.46. The molecule has 1 N–H and O–H groups in total. The van der Waals surface area contributed by atoms with Gasteiger partial charge in [-0.05, 0) is 37.0 Å². The van der Waals surface area contributed by atoms with E-state index in [1.54, 1.807) is 12.1 Å². The monoisotopic (exact) mass is 265 g/mol. The van der Waals surface area contributed by atoms with Crippen molar-refractivity contribution in [2.75, 3.05) is 19.8 Å². The number of halogens is 1. The predicted molar refractivity (Wildman–Crippen MR) is 70.7 cm³/mol. The molecule has 3 rings (SSSR count). The lowest BCUT2D eigenvalue weighted by Gasteiger charge is -2.12. The number of benzene rings is 1. The van der Waals surface area contributed by atoms with Crippen LogP contribution in [0.25, 0.3) is 0 Å². The van der Waals surface area contributed by atoms with Gasteiger partial charge in [-0.25, -0.2) is 4.39 Å². The Kier molecular flexibility index (Phi) is 3.99. The van der Waals surface area contributed by atoms with Crippen molar-refractivity contribution < 1.29 is 13.9 Å². The molecule has 4 heteroatoms. The van der Waals surface area contributed by atoms with Gasteiger partial charge in [0.15, 0.2) is 11.6 Å². The van der Waals surface area contributed by atoms with Crippen molar-refractivity contribution >= 4 is 0 Å². The molecule has 19 heavy (non-hydrogen) atoms. The lowest BCUT2D eigenvalue weighted by atomic mass is 10.1. The van der Waals surface area contributed by atoms with Crippen molar-refractivity contribution in [1.82, 2.24) is 5.32 Å². The summed E-state index contributed by atoms with van der Waals surface area (Å²) in [6.45, 7) is 2.79. The summed E-state index contributed by atoms with van der Waals surface area (Å²) >= 11 is 0. The maximum absolute atomic E-state index is 13.9. The van der Waals surface area contributed by atoms with Gasteiger partial charge in [-0.15, -0.1) is 0 Å². The maximum atomic E-state index is 13.9. The molecular formula is C15H20FNO2. The average molecular weight is 265 g/mol. The Hall–Kier alpha value is -1.13. The number of nitrogens with one attached hydrogen (secondary N) is 1. The highest BCUT2D eigenvalue weighted by Crippen LogP contribution is 2.22. The SMILES string of the molecule is Fc1cc(CNC2CC2)ccc1OCC1CCOC1. The zero-order valence-corrected chi connectivity index (χ0v) is 11.0. The van der Waals surface area contributed by atoms with E-state index < -0.39 is 0 Å². The van der Waals surface area contributed by atoms with Crippen molar-refractivity contribution in [3.63, 3.8) is 0 Å². The van der Waals surface area contributed by atoms with Crippen LogP contribution < -0.4 is 10.1 Å². The quantitative estimate of drug-likeness (QED) is 0.857. The van der Waals surface area contributed by atoms with Gasteiger partial charge in [0.25, 0.3) is 0 Å². The van der Waals surface area contributed by atoms with Crippen molar-refractivity contribution in [1.29, 1.82) is 0 Å². The van der Waals surface area contributed by atoms with Crippen molar-refractivity contribution in [3.05, 3.63) is 29.6 Å². The van der Waals surface area contributed by atoms with Crippen LogP contribution in [0.4, 0.5) is 4.39 Å². The van der Waals surface area contributed by atoms with Crippen LogP contribution in [-0.2, 0) is 11.3 Å². The third-order valence-corrected chi connectivity index (χ3v) is 3.67. The molecule has 2 fully saturated rings. The van der Waals surface area contributed by atoms with E-state index in [-0.39, 0.29) is 5.82 Å². The molecule has 1 aromatic carbocycles. The fourth-order valence-electron chi connectivity index (χ4n) is 2.24. The van der Waals surface area contributed by atoms with E-state index >= 15 is 0 Å². The van der Waals surface area contributed by atoms with Gasteiger partial charge >= 0.3 is 0 Å². The van der Waals surface area contributed by atoms with E-state index in [1.807, 2.05) is 6.07 Å². The Bertz CT molecular complexity index is 428. The summed E-state index contributed by atoms with van der Waals surface area (Å²) in [5.74, 6) is 0.478. The molecule has 0 spiro atoms. The summed E-state index contributed by atoms with van der Waals surface area (Å²) in [7, 11) is 0. The highest BCUT2D eigenvalue weighted by Gasteiger charge is 2.20. The van der Waals surface area contributed by atoms with E-state index in [0.717, 1.165) is 31.7 Å². The van der Waals surface area contributed by atoms with E-state index in [9.17, 15) is 4.39 Å². The highest BCUT2D eigenvalue weighted by atomic mass is 19.1. The van der Waals surface area contributed by atoms with Gasteiger partial charge in [-0.3, -0.25) is 0 Å². The van der Waals surface area contributed by atoms with Crippen LogP contribution >= 0.6 is 0 Å². The van der Waals surface area contributed by atoms with Gasteiger partial charge in [0.1, 0.15) is 0 Å². The topological polar surface area (TPSA) is 30.5 Å². The van der Waals surface area contributed by atoms with Crippen molar-refractivity contribution in [3.8, 4) is 5.75 Å². The molecule has 2 aliphatic rings. The van der Waals surface area contributed by atoms with Gasteiger partial charge in [-0.2, -0.15) is 0 Å². The minimum absolute atomic E-state index is 0.269. The summed E-state index contributed by atoms with van der Waals surface area (Å²) in [5, 5.41) is 3.37. The van der Waals surface area contributed by atoms with E-state index in [4.69, 9.17) is 9.47 Å². The fourth-order valence-corrected chi connectivity index (χ4v) is 2.24. The minimum atomic E-state index is -0.269. The molecule has 0 aromatic heterocycles. The van der Waals surface area contributed by atoms with Gasteiger partial charge in [0.2, 0.25) is 0 Å². The van der Waals surface area contributed by atoms with Gasteiger partial charge < -0.3 is 14.8 Å². The molecular weight excluding hydrogens is 245 g/mol. The zero-order valence-electron chi connectivity index (χ0n) is 11.0. The Morgan fingerprint density at radius 3 is 2.89 bits per heavy atom. The highest BCUT2D eigenvalue weighted by molar-refractivity contribution is 5.29. The summed E-state index contributed by atoms with van der Waals surface area (Å²) < 4.78 is 24.7. The lowest BCUT2D eigenvalue weighted by Crippen LogP contribution is -2.15. The Morgan fingerprint density at radius 2 is 2.21 bits per heavy atom. The fraction of sp³-hybridized carbons (Fsp3) is 0.600. The number of rotatable bonds is 6. The summed E-state index contributed by atoms with van der Waals surface area (Å²) in [6, 6.07) is 5.87. The third-order valence-electron chi connectivity index (χ3n) is 3.67. The minimum Gasteiger partial charge on any atom is -0.490 e. The summed E-state index contributed by atoms with van der Waals surface area (Å²) in [5.41, 5.74) is 0.973. The lowest BCUT2D eigenvalue weighted by molar-refractivity contribution is 0.165. The molecule has 104 valence electrons. The van der Waals surface area contributed by atoms with Crippen LogP contribution in [0.2, 0.25) is 0 Å². The largest absolute Gasteiger partial charge is 0.490 e. The molecule has 0 amide bonds. The molecule has 1 unspecified atom stereocenters. The maximum Gasteiger partial charge on any atom is 0.165 e. The molecule has 3 nitrogen and oxygen atoms in total. The van der Waals surface area contributed by atoms with Gasteiger partial charge in [0, 0.05) is 25.1 Å². The molecule has 1 saturated heterocycles. The first kappa shape index (κ1) is 12.9. The van der Waals surface area contributed by atoms with Gasteiger partial charge in [-0.1, -0.05) is 6.07 Å². The first-order valence-electron chi connectivity index (χ1n) is 7.03. The number of hydrogen-bond acceptors (Lipinski definition) is 3. The molecule has 1 heterocycles. The Balaban J connectivity index is 1.52. The molecule has 0 bridgehead atoms. The Morgan fingerprint density at radius 1 is 1.32 bits per heavy atom. The van der Waals surface area contributed by atoms with Crippen LogP contribution in [0.5, 0.6) is 5.75 Å². The molecule has 1 saturated carbocycles. The van der Waals surface area contributed by atoms with Crippen LogP contribution in [0.3, 0.4) is 0 Å². The second kappa shape index (κ2) is 5.88. The van der Waals surface area contributed by atoms with Crippen LogP contribution in [0, 0.1) is 11.7 Å². The van der Waals surface area contributed by atoms with Crippen LogP contribution in [0.15, 0.2) is 18.2 Å². The van der Waals surface area contributed by atoms with E-state index in [1.165, 1.54) is 12.8 Å². The molecule has 0 radical (unpaired) electrons. The summed E-state index contributed by atoms with van der Waals surface area (Å²) in [4.78, 5) is 0. The molecule has 1 aliphatic heterocycles. The first-order chi connectivity index (χ1) is 9.31. The number of ether oxygens (including phenoxy) is 2. The van der Waals surface area contributed by atoms with Crippen molar-refractivity contribution in [2.45, 2.75) is 31.8 Å². The van der Waals surface area contributed by atoms with Crippen LogP contribution in [-0.4, -0.2) is 25.9 Å². The van der Waals surface area contributed by atoms with Gasteiger partial charge in [0.05, 0.1) is 13.2 Å². The second-order valence-electron chi connectivity index (χ2n) is 5.46. The Labute approximate surface area is 113 Å². The normalized spacial score (nSPS) is 22.7. The van der Waals surface area contributed by atoms with E-state index in [0.29, 0.717) is 24.3 Å². The summed E-state index contributed by atoms with van der Waals surface area (Å²) in [6.07, 6.45) is 3.49. The van der Waals surface area contributed by atoms with Crippen LogP contribution in [0.1, 0.15) is 24.8 Å². The molecule has 1 atom stereocenters. The molecule has 1 aliphatic carbocycles. The van der Waals surface area contributed by atoms with E-state index in [2.05, 4.69) is 5.32 Å². The van der Waals surface area contributed by atoms with Crippen molar-refractivity contribution in [2.24, 2.45) is 5.92 Å².